The van der Waals surface area contributed by atoms with E-state index in [1.165, 1.54) is 15.6 Å². The van der Waals surface area contributed by atoms with Crippen LogP contribution >= 0.6 is 11.3 Å². The number of hydrogen-bond acceptors (Lipinski definition) is 5. The average molecular weight is 331 g/mol. The highest BCUT2D eigenvalue weighted by Crippen LogP contribution is 2.43. The molecule has 6 nitrogen and oxygen atoms in total. The fraction of sp³-hybridized carbons (Fsp3) is 0.615. The number of sulfonamides is 1. The van der Waals surface area contributed by atoms with E-state index in [0.29, 0.717) is 13.0 Å². The molecule has 2 aliphatic heterocycles. The van der Waals surface area contributed by atoms with Gasteiger partial charge < -0.3 is 9.84 Å². The fourth-order valence-corrected chi connectivity index (χ4v) is 6.10. The van der Waals surface area contributed by atoms with Crippen LogP contribution in [0.4, 0.5) is 0 Å². The molecule has 116 valence electrons. The molecular formula is C13H17NO5S2. The Morgan fingerprint density at radius 1 is 1.52 bits per heavy atom. The van der Waals surface area contributed by atoms with Crippen molar-refractivity contribution in [2.45, 2.75) is 17.6 Å². The number of carboxylic acids is 1. The van der Waals surface area contributed by atoms with Gasteiger partial charge in [-0.3, -0.25) is 4.79 Å². The van der Waals surface area contributed by atoms with Crippen LogP contribution in [0.5, 0.6) is 0 Å². The Labute approximate surface area is 127 Å². The summed E-state index contributed by atoms with van der Waals surface area (Å²) in [5.41, 5.74) is -1.10. The first-order valence-corrected chi connectivity index (χ1v) is 9.00. The van der Waals surface area contributed by atoms with Crippen LogP contribution in [0.15, 0.2) is 16.3 Å². The number of nitrogens with zero attached hydrogens (tertiary/aromatic N) is 1. The SMILES string of the molecule is Cc1ccc(S(=O)(=O)N2C[C@@H]3CCOC[C@]3(C(=O)O)C2)s1. The Bertz CT molecular complexity index is 668. The quantitative estimate of drug-likeness (QED) is 0.899. The van der Waals surface area contributed by atoms with E-state index in [0.717, 1.165) is 4.88 Å². The van der Waals surface area contributed by atoms with Gasteiger partial charge in [0.2, 0.25) is 0 Å². The van der Waals surface area contributed by atoms with E-state index in [2.05, 4.69) is 0 Å². The van der Waals surface area contributed by atoms with Gasteiger partial charge in [0.25, 0.3) is 10.0 Å². The molecule has 0 unspecified atom stereocenters. The summed E-state index contributed by atoms with van der Waals surface area (Å²) in [6.45, 7) is 2.68. The summed E-state index contributed by atoms with van der Waals surface area (Å²) in [4.78, 5) is 12.6. The van der Waals surface area contributed by atoms with E-state index >= 15 is 0 Å². The second-order valence-corrected chi connectivity index (χ2v) is 9.11. The lowest BCUT2D eigenvalue weighted by Gasteiger charge is -2.34. The summed E-state index contributed by atoms with van der Waals surface area (Å²) in [5.74, 6) is -1.15. The molecule has 2 atom stereocenters. The van der Waals surface area contributed by atoms with Crippen molar-refractivity contribution < 1.29 is 23.1 Å². The second kappa shape index (κ2) is 5.05. The zero-order chi connectivity index (χ0) is 15.3. The van der Waals surface area contributed by atoms with Gasteiger partial charge >= 0.3 is 5.97 Å². The molecule has 2 saturated heterocycles. The lowest BCUT2D eigenvalue weighted by Crippen LogP contribution is -2.46. The number of aryl methyl sites for hydroxylation is 1. The molecule has 2 aliphatic rings. The summed E-state index contributed by atoms with van der Waals surface area (Å²) in [5, 5.41) is 9.56. The van der Waals surface area contributed by atoms with E-state index < -0.39 is 21.4 Å². The van der Waals surface area contributed by atoms with Crippen LogP contribution in [-0.2, 0) is 19.6 Å². The first kappa shape index (κ1) is 15.0. The van der Waals surface area contributed by atoms with Gasteiger partial charge in [-0.05, 0) is 31.4 Å². The first-order valence-electron chi connectivity index (χ1n) is 6.74. The van der Waals surface area contributed by atoms with Crippen LogP contribution in [0.1, 0.15) is 11.3 Å². The van der Waals surface area contributed by atoms with Crippen molar-refractivity contribution in [1.82, 2.24) is 4.31 Å². The van der Waals surface area contributed by atoms with Crippen molar-refractivity contribution in [2.24, 2.45) is 11.3 Å². The van der Waals surface area contributed by atoms with Crippen LogP contribution in [0.3, 0.4) is 0 Å². The van der Waals surface area contributed by atoms with Crippen LogP contribution in [0.2, 0.25) is 0 Å². The molecule has 1 aromatic heterocycles. The van der Waals surface area contributed by atoms with Crippen molar-refractivity contribution in [1.29, 1.82) is 0 Å². The summed E-state index contributed by atoms with van der Waals surface area (Å²) < 4.78 is 32.2. The minimum absolute atomic E-state index is 0.00766. The molecular weight excluding hydrogens is 314 g/mol. The normalized spacial score (nSPS) is 30.2. The van der Waals surface area contributed by atoms with Gasteiger partial charge in [0.15, 0.2) is 0 Å². The number of ether oxygens (including phenoxy) is 1. The maximum Gasteiger partial charge on any atom is 0.313 e. The maximum absolute atomic E-state index is 12.7. The highest BCUT2D eigenvalue weighted by atomic mass is 32.2. The van der Waals surface area contributed by atoms with Gasteiger partial charge in [0.1, 0.15) is 9.62 Å². The molecule has 21 heavy (non-hydrogen) atoms. The lowest BCUT2D eigenvalue weighted by atomic mass is 9.76. The Hall–Kier alpha value is -0.960. The van der Waals surface area contributed by atoms with Gasteiger partial charge in [0, 0.05) is 24.6 Å². The molecule has 8 heteroatoms. The van der Waals surface area contributed by atoms with E-state index in [9.17, 15) is 18.3 Å². The van der Waals surface area contributed by atoms with E-state index in [1.54, 1.807) is 12.1 Å². The predicted molar refractivity (Wildman–Crippen MR) is 76.8 cm³/mol. The van der Waals surface area contributed by atoms with E-state index in [-0.39, 0.29) is 29.8 Å². The zero-order valence-electron chi connectivity index (χ0n) is 11.6. The van der Waals surface area contributed by atoms with E-state index in [4.69, 9.17) is 4.74 Å². The average Bonchev–Trinajstić information content (AvgIpc) is 3.03. The Morgan fingerprint density at radius 2 is 2.29 bits per heavy atom. The van der Waals surface area contributed by atoms with Crippen LogP contribution in [-0.4, -0.2) is 50.1 Å². The monoisotopic (exact) mass is 331 g/mol. The summed E-state index contributed by atoms with van der Waals surface area (Å²) in [6, 6.07) is 3.35. The number of carboxylic acid groups (broad SMARTS) is 1. The number of thiophene rings is 1. The molecule has 1 N–H and O–H groups in total. The fourth-order valence-electron chi connectivity index (χ4n) is 3.10. The second-order valence-electron chi connectivity index (χ2n) is 5.66. The van der Waals surface area contributed by atoms with Crippen LogP contribution in [0, 0.1) is 18.3 Å². The number of carbonyl (C=O) groups is 1. The van der Waals surface area contributed by atoms with Crippen molar-refractivity contribution in [3.8, 4) is 0 Å². The van der Waals surface area contributed by atoms with Crippen molar-refractivity contribution >= 4 is 27.3 Å². The summed E-state index contributed by atoms with van der Waals surface area (Å²) in [7, 11) is -3.61. The van der Waals surface area contributed by atoms with Crippen LogP contribution in [0.25, 0.3) is 0 Å². The standard InChI is InChI=1S/C13H17NO5S2/c1-9-2-3-11(20-9)21(17,18)14-6-10-4-5-19-8-13(10,7-14)12(15)16/h2-3,10H,4-8H2,1H3,(H,15,16)/t10-,13+/m0/s1. The summed E-state index contributed by atoms with van der Waals surface area (Å²) in [6.07, 6.45) is 0.585. The minimum atomic E-state index is -3.61. The number of fused-ring (bicyclic) bond motifs is 1. The Kier molecular flexibility index (Phi) is 3.59. The first-order chi connectivity index (χ1) is 9.86. The number of aliphatic carboxylic acids is 1. The molecule has 0 saturated carbocycles. The highest BCUT2D eigenvalue weighted by molar-refractivity contribution is 7.91. The molecule has 0 bridgehead atoms. The van der Waals surface area contributed by atoms with Crippen LogP contribution < -0.4 is 0 Å². The molecule has 3 rings (SSSR count). The summed E-state index contributed by atoms with van der Waals surface area (Å²) >= 11 is 1.21. The lowest BCUT2D eigenvalue weighted by molar-refractivity contribution is -0.159. The van der Waals surface area contributed by atoms with Gasteiger partial charge in [0.05, 0.1) is 6.61 Å². The largest absolute Gasteiger partial charge is 0.481 e. The topological polar surface area (TPSA) is 83.9 Å². The van der Waals surface area contributed by atoms with Gasteiger partial charge in [-0.15, -0.1) is 11.3 Å². The predicted octanol–water partition coefficient (Wildman–Crippen LogP) is 1.17. The molecule has 2 fully saturated rings. The van der Waals surface area contributed by atoms with Crippen molar-refractivity contribution in [3.05, 3.63) is 17.0 Å². The smallest absolute Gasteiger partial charge is 0.313 e. The van der Waals surface area contributed by atoms with E-state index in [1.807, 2.05) is 6.92 Å². The third kappa shape index (κ3) is 2.30. The zero-order valence-corrected chi connectivity index (χ0v) is 13.2. The van der Waals surface area contributed by atoms with Gasteiger partial charge in [-0.1, -0.05) is 0 Å². The molecule has 0 radical (unpaired) electrons. The Morgan fingerprint density at radius 3 is 2.86 bits per heavy atom. The number of hydrogen-bond donors (Lipinski definition) is 1. The highest BCUT2D eigenvalue weighted by Gasteiger charge is 2.56. The Balaban J connectivity index is 1.93. The third-order valence-electron chi connectivity index (χ3n) is 4.37. The molecule has 0 amide bonds. The third-order valence-corrected chi connectivity index (χ3v) is 7.65. The molecule has 0 aliphatic carbocycles. The van der Waals surface area contributed by atoms with Crippen molar-refractivity contribution in [2.75, 3.05) is 26.3 Å². The molecule has 0 aromatic carbocycles. The maximum atomic E-state index is 12.7. The van der Waals surface area contributed by atoms with Gasteiger partial charge in [-0.2, -0.15) is 4.31 Å². The van der Waals surface area contributed by atoms with Gasteiger partial charge in [-0.25, -0.2) is 8.42 Å². The molecule has 3 heterocycles. The number of rotatable bonds is 3. The minimum Gasteiger partial charge on any atom is -0.481 e. The van der Waals surface area contributed by atoms with Crippen molar-refractivity contribution in [3.63, 3.8) is 0 Å². The molecule has 1 aromatic rings. The molecule has 0 spiro atoms.